The van der Waals surface area contributed by atoms with Crippen LogP contribution in [0, 0.1) is 10.1 Å². The molecule has 30 heavy (non-hydrogen) atoms. The first-order valence-electron chi connectivity index (χ1n) is 8.04. The molecule has 2 heterocycles. The molecule has 0 fully saturated rings. The highest BCUT2D eigenvalue weighted by molar-refractivity contribution is 5.89. The monoisotopic (exact) mass is 424 g/mol. The summed E-state index contributed by atoms with van der Waals surface area (Å²) in [5.41, 5.74) is -2.87. The molecule has 0 spiro atoms. The Balaban J connectivity index is 2.02. The number of nitro groups is 1. The Bertz CT molecular complexity index is 1170. The number of pyridine rings is 1. The van der Waals surface area contributed by atoms with E-state index in [-0.39, 0.29) is 17.1 Å². The van der Waals surface area contributed by atoms with Crippen molar-refractivity contribution in [3.8, 4) is 5.69 Å². The minimum absolute atomic E-state index is 0.0202. The van der Waals surface area contributed by atoms with Gasteiger partial charge in [0.25, 0.3) is 0 Å². The number of benzene rings is 1. The van der Waals surface area contributed by atoms with Crippen LogP contribution in [-0.2, 0) is 17.5 Å². The van der Waals surface area contributed by atoms with Gasteiger partial charge in [-0.1, -0.05) is 0 Å². The van der Waals surface area contributed by atoms with Gasteiger partial charge in [-0.3, -0.25) is 14.9 Å². The van der Waals surface area contributed by atoms with E-state index in [4.69, 9.17) is 0 Å². The smallest absolute Gasteiger partial charge is 0.416 e. The number of alkyl halides is 3. The summed E-state index contributed by atoms with van der Waals surface area (Å²) in [7, 11) is 1.06. The molecule has 3 rings (SSSR count). The van der Waals surface area contributed by atoms with E-state index in [1.807, 2.05) is 0 Å². The largest absolute Gasteiger partial charge is 0.465 e. The Kier molecular flexibility index (Phi) is 5.31. The summed E-state index contributed by atoms with van der Waals surface area (Å²) in [6.07, 6.45) is -3.49. The summed E-state index contributed by atoms with van der Waals surface area (Å²) in [5.74, 6) is -0.928. The predicted molar refractivity (Wildman–Crippen MR) is 92.0 cm³/mol. The minimum atomic E-state index is -4.53. The van der Waals surface area contributed by atoms with Crippen molar-refractivity contribution in [1.29, 1.82) is 0 Å². The maximum Gasteiger partial charge on any atom is 0.416 e. The molecule has 11 nitrogen and oxygen atoms in total. The van der Waals surface area contributed by atoms with Gasteiger partial charge in [0.15, 0.2) is 5.82 Å². The topological polar surface area (TPSA) is 135 Å². The molecule has 0 unspecified atom stereocenters. The van der Waals surface area contributed by atoms with Gasteiger partial charge in [0, 0.05) is 12.3 Å². The third-order valence-corrected chi connectivity index (χ3v) is 3.97. The molecule has 0 saturated heterocycles. The highest BCUT2D eigenvalue weighted by Crippen LogP contribution is 2.29. The Morgan fingerprint density at radius 2 is 1.93 bits per heavy atom. The predicted octanol–water partition coefficient (Wildman–Crippen LogP) is 1.59. The summed E-state index contributed by atoms with van der Waals surface area (Å²) in [4.78, 5) is 34.3. The SMILES string of the molecule is COC(=O)c1cc([N+](=O)[O-])c(=O)n(Cc2nnnn2-c2ccc(C(F)(F)F)cc2)c1. The first-order valence-corrected chi connectivity index (χ1v) is 8.04. The van der Waals surface area contributed by atoms with Gasteiger partial charge < -0.3 is 9.30 Å². The van der Waals surface area contributed by atoms with Crippen LogP contribution in [0.15, 0.2) is 41.3 Å². The van der Waals surface area contributed by atoms with Gasteiger partial charge in [-0.2, -0.15) is 17.9 Å². The van der Waals surface area contributed by atoms with E-state index in [0.717, 1.165) is 52.9 Å². The van der Waals surface area contributed by atoms with E-state index in [9.17, 15) is 32.9 Å². The molecule has 0 aliphatic rings. The van der Waals surface area contributed by atoms with Crippen LogP contribution in [-0.4, -0.2) is 42.8 Å². The molecule has 14 heteroatoms. The minimum Gasteiger partial charge on any atom is -0.465 e. The fraction of sp³-hybridized carbons (Fsp3) is 0.188. The van der Waals surface area contributed by atoms with E-state index >= 15 is 0 Å². The summed E-state index contributed by atoms with van der Waals surface area (Å²) < 4.78 is 44.6. The van der Waals surface area contributed by atoms with Crippen molar-refractivity contribution in [1.82, 2.24) is 24.8 Å². The Morgan fingerprint density at radius 3 is 2.50 bits per heavy atom. The molecule has 0 atom stereocenters. The van der Waals surface area contributed by atoms with E-state index < -0.39 is 40.4 Å². The lowest BCUT2D eigenvalue weighted by Gasteiger charge is -2.10. The van der Waals surface area contributed by atoms with Crippen LogP contribution < -0.4 is 5.56 Å². The van der Waals surface area contributed by atoms with Gasteiger partial charge in [-0.15, -0.1) is 5.10 Å². The zero-order valence-corrected chi connectivity index (χ0v) is 15.0. The third kappa shape index (κ3) is 4.01. The number of nitrogens with zero attached hydrogens (tertiary/aromatic N) is 6. The number of carbonyl (C=O) groups excluding carboxylic acids is 1. The standard InChI is InChI=1S/C16H11F3N6O5/c1-30-15(27)9-6-12(25(28)29)14(26)23(7-9)8-13-20-21-22-24(13)11-4-2-10(3-5-11)16(17,18)19/h2-7H,8H2,1H3. The number of hydrogen-bond donors (Lipinski definition) is 0. The highest BCUT2D eigenvalue weighted by atomic mass is 19.4. The zero-order chi connectivity index (χ0) is 22.1. The van der Waals surface area contributed by atoms with Gasteiger partial charge >= 0.3 is 23.4 Å². The van der Waals surface area contributed by atoms with Crippen molar-refractivity contribution in [3.63, 3.8) is 0 Å². The van der Waals surface area contributed by atoms with Crippen molar-refractivity contribution in [2.45, 2.75) is 12.7 Å². The lowest BCUT2D eigenvalue weighted by atomic mass is 10.2. The van der Waals surface area contributed by atoms with Gasteiger partial charge in [-0.25, -0.2) is 4.79 Å². The zero-order valence-electron chi connectivity index (χ0n) is 15.0. The van der Waals surface area contributed by atoms with E-state index in [1.54, 1.807) is 0 Å². The fourth-order valence-corrected chi connectivity index (χ4v) is 2.55. The van der Waals surface area contributed by atoms with Crippen molar-refractivity contribution in [2.75, 3.05) is 7.11 Å². The lowest BCUT2D eigenvalue weighted by Crippen LogP contribution is -2.26. The first kappa shape index (κ1) is 20.6. The number of ether oxygens (including phenoxy) is 1. The molecule has 0 bridgehead atoms. The van der Waals surface area contributed by atoms with Crippen molar-refractivity contribution in [3.05, 3.63) is 73.9 Å². The number of halogens is 3. The van der Waals surface area contributed by atoms with E-state index in [1.165, 1.54) is 0 Å². The van der Waals surface area contributed by atoms with Crippen molar-refractivity contribution < 1.29 is 27.6 Å². The molecule has 0 amide bonds. The van der Waals surface area contributed by atoms with Crippen LogP contribution in [0.2, 0.25) is 0 Å². The quantitative estimate of drug-likeness (QED) is 0.342. The maximum absolute atomic E-state index is 12.7. The van der Waals surface area contributed by atoms with Crippen molar-refractivity contribution >= 4 is 11.7 Å². The van der Waals surface area contributed by atoms with Crippen LogP contribution in [0.4, 0.5) is 18.9 Å². The van der Waals surface area contributed by atoms with Gasteiger partial charge in [-0.05, 0) is 34.7 Å². The van der Waals surface area contributed by atoms with Crippen LogP contribution in [0.25, 0.3) is 5.69 Å². The number of methoxy groups -OCH3 is 1. The Labute approximate surface area is 164 Å². The molecule has 156 valence electrons. The number of tetrazole rings is 1. The fourth-order valence-electron chi connectivity index (χ4n) is 2.55. The third-order valence-electron chi connectivity index (χ3n) is 3.97. The summed E-state index contributed by atoms with van der Waals surface area (Å²) in [6, 6.07) is 4.69. The lowest BCUT2D eigenvalue weighted by molar-refractivity contribution is -0.386. The maximum atomic E-state index is 12.7. The molecule has 0 saturated carbocycles. The number of carbonyl (C=O) groups is 1. The summed E-state index contributed by atoms with van der Waals surface area (Å²) in [5, 5.41) is 21.9. The average Bonchev–Trinajstić information content (AvgIpc) is 3.16. The van der Waals surface area contributed by atoms with Crippen LogP contribution in [0.1, 0.15) is 21.7 Å². The number of rotatable bonds is 5. The summed E-state index contributed by atoms with van der Waals surface area (Å²) in [6.45, 7) is -0.404. The number of esters is 1. The van der Waals surface area contributed by atoms with E-state index in [0.29, 0.717) is 0 Å². The molecule has 0 aliphatic heterocycles. The number of aromatic nitrogens is 5. The molecule has 0 N–H and O–H groups in total. The van der Waals surface area contributed by atoms with Gasteiger partial charge in [0.05, 0.1) is 35.4 Å². The Hall–Kier alpha value is -4.10. The molecular formula is C16H11F3N6O5. The normalized spacial score (nSPS) is 11.3. The Morgan fingerprint density at radius 1 is 1.27 bits per heavy atom. The average molecular weight is 424 g/mol. The van der Waals surface area contributed by atoms with Crippen LogP contribution >= 0.6 is 0 Å². The highest BCUT2D eigenvalue weighted by Gasteiger charge is 2.30. The molecule has 2 aromatic heterocycles. The summed E-state index contributed by atoms with van der Waals surface area (Å²) >= 11 is 0. The second-order valence-corrected chi connectivity index (χ2v) is 5.85. The molecule has 3 aromatic rings. The first-order chi connectivity index (χ1) is 14.1. The number of hydrogen-bond acceptors (Lipinski definition) is 8. The molecular weight excluding hydrogens is 413 g/mol. The van der Waals surface area contributed by atoms with Gasteiger partial charge in [0.2, 0.25) is 0 Å². The second-order valence-electron chi connectivity index (χ2n) is 5.85. The molecule has 0 aliphatic carbocycles. The van der Waals surface area contributed by atoms with Gasteiger partial charge in [0.1, 0.15) is 0 Å². The van der Waals surface area contributed by atoms with Crippen molar-refractivity contribution in [2.24, 2.45) is 0 Å². The van der Waals surface area contributed by atoms with Crippen LogP contribution in [0.3, 0.4) is 0 Å². The second kappa shape index (κ2) is 7.73. The van der Waals surface area contributed by atoms with Crippen LogP contribution in [0.5, 0.6) is 0 Å². The molecule has 1 aromatic carbocycles. The molecule has 0 radical (unpaired) electrons. The van der Waals surface area contributed by atoms with E-state index in [2.05, 4.69) is 20.3 Å².